The van der Waals surface area contributed by atoms with Gasteiger partial charge in [0.05, 0.1) is 17.6 Å². The van der Waals surface area contributed by atoms with Crippen molar-refractivity contribution >= 4 is 16.0 Å². The van der Waals surface area contributed by atoms with Gasteiger partial charge in [0.15, 0.2) is 6.61 Å². The highest BCUT2D eigenvalue weighted by Gasteiger charge is 2.32. The molecule has 0 radical (unpaired) electrons. The molecule has 0 bridgehead atoms. The first-order valence-corrected chi connectivity index (χ1v) is 12.4. The molecule has 2 heterocycles. The van der Waals surface area contributed by atoms with E-state index in [9.17, 15) is 13.2 Å². The normalized spacial score (nSPS) is 19.0. The van der Waals surface area contributed by atoms with E-state index in [1.54, 1.807) is 31.4 Å². The molecular weight excluding hydrogens is 458 g/mol. The molecule has 10 heteroatoms. The third kappa shape index (κ3) is 5.28. The molecule has 0 aliphatic carbocycles. The molecule has 4 rings (SSSR count). The number of benzene rings is 2. The van der Waals surface area contributed by atoms with Crippen molar-refractivity contribution in [3.05, 3.63) is 60.0 Å². The Morgan fingerprint density at radius 1 is 1.12 bits per heavy atom. The predicted octanol–water partition coefficient (Wildman–Crippen LogP) is 3.77. The van der Waals surface area contributed by atoms with Crippen LogP contribution in [0, 0.1) is 11.8 Å². The summed E-state index contributed by atoms with van der Waals surface area (Å²) < 4.78 is 43.4. The SMILES string of the molecule is COc1cccc(-c2noc(COC(=O)c3cccc(S(=O)(=O)N4CC(C)CC(C)C4)c3)n2)c1. The number of rotatable bonds is 7. The van der Waals surface area contributed by atoms with Crippen LogP contribution in [0.15, 0.2) is 57.9 Å². The molecule has 0 spiro atoms. The largest absolute Gasteiger partial charge is 0.497 e. The minimum atomic E-state index is -3.71. The molecule has 1 aliphatic rings. The molecule has 2 unspecified atom stereocenters. The van der Waals surface area contributed by atoms with Crippen LogP contribution in [0.4, 0.5) is 0 Å². The first-order chi connectivity index (χ1) is 16.3. The summed E-state index contributed by atoms with van der Waals surface area (Å²) in [5.74, 6) is 0.984. The fourth-order valence-corrected chi connectivity index (χ4v) is 5.86. The van der Waals surface area contributed by atoms with E-state index in [0.29, 0.717) is 30.2 Å². The van der Waals surface area contributed by atoms with Gasteiger partial charge in [0.2, 0.25) is 15.8 Å². The lowest BCUT2D eigenvalue weighted by molar-refractivity contribution is 0.0429. The summed E-state index contributed by atoms with van der Waals surface area (Å²) in [6.07, 6.45) is 0.994. The number of piperidine rings is 1. The van der Waals surface area contributed by atoms with Gasteiger partial charge in [-0.25, -0.2) is 13.2 Å². The van der Waals surface area contributed by atoms with E-state index in [4.69, 9.17) is 14.0 Å². The number of ether oxygens (including phenoxy) is 2. The Balaban J connectivity index is 1.43. The lowest BCUT2D eigenvalue weighted by Crippen LogP contribution is -2.42. The molecular formula is C24H27N3O6S. The molecule has 34 heavy (non-hydrogen) atoms. The van der Waals surface area contributed by atoms with Crippen LogP contribution in [0.2, 0.25) is 0 Å². The highest BCUT2D eigenvalue weighted by atomic mass is 32.2. The Kier molecular flexibility index (Phi) is 6.99. The zero-order valence-electron chi connectivity index (χ0n) is 19.3. The molecule has 1 saturated heterocycles. The van der Waals surface area contributed by atoms with Gasteiger partial charge in [-0.05, 0) is 48.6 Å². The van der Waals surface area contributed by atoms with Gasteiger partial charge in [-0.3, -0.25) is 0 Å². The van der Waals surface area contributed by atoms with Crippen LogP contribution in [-0.4, -0.2) is 49.0 Å². The Hall–Kier alpha value is -3.24. The molecule has 0 saturated carbocycles. The maximum absolute atomic E-state index is 13.1. The fourth-order valence-electron chi connectivity index (χ4n) is 4.14. The highest BCUT2D eigenvalue weighted by Crippen LogP contribution is 2.27. The van der Waals surface area contributed by atoms with Crippen molar-refractivity contribution in [3.63, 3.8) is 0 Å². The quantitative estimate of drug-likeness (QED) is 0.465. The maximum atomic E-state index is 13.1. The molecule has 180 valence electrons. The highest BCUT2D eigenvalue weighted by molar-refractivity contribution is 7.89. The third-order valence-corrected chi connectivity index (χ3v) is 7.49. The van der Waals surface area contributed by atoms with E-state index in [1.807, 2.05) is 13.8 Å². The number of hydrogen-bond donors (Lipinski definition) is 0. The fraction of sp³-hybridized carbons (Fsp3) is 0.375. The van der Waals surface area contributed by atoms with Crippen molar-refractivity contribution in [2.24, 2.45) is 11.8 Å². The van der Waals surface area contributed by atoms with Gasteiger partial charge in [-0.1, -0.05) is 37.2 Å². The van der Waals surface area contributed by atoms with Crippen LogP contribution >= 0.6 is 0 Å². The van der Waals surface area contributed by atoms with Crippen LogP contribution in [0.5, 0.6) is 5.75 Å². The molecule has 0 amide bonds. The Morgan fingerprint density at radius 3 is 2.59 bits per heavy atom. The zero-order valence-corrected chi connectivity index (χ0v) is 20.1. The predicted molar refractivity (Wildman–Crippen MR) is 124 cm³/mol. The van der Waals surface area contributed by atoms with Gasteiger partial charge < -0.3 is 14.0 Å². The average molecular weight is 486 g/mol. The second-order valence-corrected chi connectivity index (χ2v) is 10.6. The van der Waals surface area contributed by atoms with Crippen molar-refractivity contribution < 1.29 is 27.2 Å². The Bertz CT molecular complexity index is 1260. The van der Waals surface area contributed by atoms with Gasteiger partial charge >= 0.3 is 5.97 Å². The monoisotopic (exact) mass is 485 g/mol. The van der Waals surface area contributed by atoms with E-state index in [2.05, 4.69) is 10.1 Å². The van der Waals surface area contributed by atoms with E-state index < -0.39 is 16.0 Å². The summed E-state index contributed by atoms with van der Waals surface area (Å²) in [7, 11) is -2.15. The summed E-state index contributed by atoms with van der Waals surface area (Å²) in [6, 6.07) is 13.1. The van der Waals surface area contributed by atoms with Crippen molar-refractivity contribution in [2.45, 2.75) is 31.8 Å². The number of methoxy groups -OCH3 is 1. The van der Waals surface area contributed by atoms with Gasteiger partial charge in [-0.15, -0.1) is 0 Å². The molecule has 2 atom stereocenters. The Morgan fingerprint density at radius 2 is 1.85 bits per heavy atom. The topological polar surface area (TPSA) is 112 Å². The number of carbonyl (C=O) groups excluding carboxylic acids is 1. The van der Waals surface area contributed by atoms with Crippen LogP contribution in [0.3, 0.4) is 0 Å². The van der Waals surface area contributed by atoms with Crippen molar-refractivity contribution in [3.8, 4) is 17.1 Å². The molecule has 0 N–H and O–H groups in total. The van der Waals surface area contributed by atoms with Crippen LogP contribution in [0.25, 0.3) is 11.4 Å². The van der Waals surface area contributed by atoms with Crippen molar-refractivity contribution in [2.75, 3.05) is 20.2 Å². The first kappa shape index (κ1) is 23.9. The van der Waals surface area contributed by atoms with Gasteiger partial charge in [0.1, 0.15) is 5.75 Å². The molecule has 2 aromatic carbocycles. The number of carbonyl (C=O) groups is 1. The van der Waals surface area contributed by atoms with Gasteiger partial charge in [-0.2, -0.15) is 9.29 Å². The maximum Gasteiger partial charge on any atom is 0.338 e. The standard InChI is InChI=1S/C24H27N3O6S/c1-16-10-17(2)14-27(13-16)34(29,30)21-9-5-7-19(12-21)24(28)32-15-22-25-23(26-33-22)18-6-4-8-20(11-18)31-3/h4-9,11-12,16-17H,10,13-15H2,1-3H3. The Labute approximate surface area is 198 Å². The zero-order chi connectivity index (χ0) is 24.3. The summed E-state index contributed by atoms with van der Waals surface area (Å²) in [4.78, 5) is 16.9. The van der Waals surface area contributed by atoms with E-state index >= 15 is 0 Å². The number of aromatic nitrogens is 2. The van der Waals surface area contributed by atoms with E-state index in [-0.39, 0.29) is 34.8 Å². The van der Waals surface area contributed by atoms with Crippen LogP contribution < -0.4 is 4.74 Å². The summed E-state index contributed by atoms with van der Waals surface area (Å²) in [5, 5.41) is 3.91. The lowest BCUT2D eigenvalue weighted by Gasteiger charge is -2.34. The molecule has 9 nitrogen and oxygen atoms in total. The second kappa shape index (κ2) is 9.94. The van der Waals surface area contributed by atoms with Crippen LogP contribution in [-0.2, 0) is 21.4 Å². The van der Waals surface area contributed by atoms with Gasteiger partial charge in [0.25, 0.3) is 5.89 Å². The number of esters is 1. The molecule has 3 aromatic rings. The summed E-state index contributed by atoms with van der Waals surface area (Å²) in [6.45, 7) is 4.78. The number of sulfonamides is 1. The molecule has 1 aliphatic heterocycles. The smallest absolute Gasteiger partial charge is 0.338 e. The van der Waals surface area contributed by atoms with E-state index in [0.717, 1.165) is 6.42 Å². The average Bonchev–Trinajstić information content (AvgIpc) is 3.31. The summed E-state index contributed by atoms with van der Waals surface area (Å²) >= 11 is 0. The van der Waals surface area contributed by atoms with E-state index in [1.165, 1.54) is 28.6 Å². The third-order valence-electron chi connectivity index (χ3n) is 5.67. The summed E-state index contributed by atoms with van der Waals surface area (Å²) in [5.41, 5.74) is 0.826. The minimum Gasteiger partial charge on any atom is -0.497 e. The number of hydrogen-bond acceptors (Lipinski definition) is 8. The minimum absolute atomic E-state index is 0.0707. The second-order valence-electron chi connectivity index (χ2n) is 8.62. The molecule has 1 aromatic heterocycles. The first-order valence-electron chi connectivity index (χ1n) is 11.0. The van der Waals surface area contributed by atoms with Crippen LogP contribution in [0.1, 0.15) is 36.5 Å². The van der Waals surface area contributed by atoms with Crippen molar-refractivity contribution in [1.29, 1.82) is 0 Å². The molecule has 1 fully saturated rings. The number of nitrogens with zero attached hydrogens (tertiary/aromatic N) is 3. The van der Waals surface area contributed by atoms with Crippen molar-refractivity contribution in [1.82, 2.24) is 14.4 Å². The van der Waals surface area contributed by atoms with Gasteiger partial charge in [0, 0.05) is 18.7 Å². The lowest BCUT2D eigenvalue weighted by atomic mass is 9.94.